The number of thiazole rings is 1. The molecule has 0 aliphatic heterocycles. The van der Waals surface area contributed by atoms with Crippen molar-refractivity contribution in [2.45, 2.75) is 19.8 Å². The summed E-state index contributed by atoms with van der Waals surface area (Å²) in [6.45, 7) is 1.98. The number of aryl methyl sites for hydroxylation is 2. The smallest absolute Gasteiger partial charge is 0.224 e. The van der Waals surface area contributed by atoms with E-state index in [1.54, 1.807) is 24.6 Å². The highest BCUT2D eigenvalue weighted by molar-refractivity contribution is 7.09. The van der Waals surface area contributed by atoms with Gasteiger partial charge < -0.3 is 10.1 Å². The van der Waals surface area contributed by atoms with E-state index in [0.29, 0.717) is 24.3 Å². The molecule has 0 aliphatic carbocycles. The maximum absolute atomic E-state index is 12.2. The zero-order valence-corrected chi connectivity index (χ0v) is 15.0. The van der Waals surface area contributed by atoms with Crippen LogP contribution in [0.5, 0.6) is 5.75 Å². The number of aromatic nitrogens is 2. The number of rotatable bonds is 6. The van der Waals surface area contributed by atoms with E-state index in [1.807, 2.05) is 48.7 Å². The summed E-state index contributed by atoms with van der Waals surface area (Å²) < 4.78 is 5.28. The Labute approximate surface area is 150 Å². The summed E-state index contributed by atoms with van der Waals surface area (Å²) in [5.74, 6) is 0.601. The fourth-order valence-corrected chi connectivity index (χ4v) is 3.20. The molecule has 128 valence electrons. The number of pyridine rings is 1. The molecule has 6 heteroatoms. The Balaban J connectivity index is 1.60. The number of nitrogens with one attached hydrogen (secondary N) is 1. The molecule has 0 saturated heterocycles. The predicted octanol–water partition coefficient (Wildman–Crippen LogP) is 4.09. The van der Waals surface area contributed by atoms with E-state index in [1.165, 1.54) is 0 Å². The lowest BCUT2D eigenvalue weighted by molar-refractivity contribution is -0.116. The molecule has 5 nitrogen and oxygen atoms in total. The molecule has 2 heterocycles. The number of methoxy groups -OCH3 is 1. The standard InChI is InChI=1S/C19H19N3O2S/c1-13-6-7-17(24-2)15(11-13)21-18(23)8-9-19-22-16(12-25-19)14-5-3-4-10-20-14/h3-7,10-12H,8-9H2,1-2H3,(H,21,23). The van der Waals surface area contributed by atoms with Crippen LogP contribution in [-0.4, -0.2) is 23.0 Å². The SMILES string of the molecule is COc1ccc(C)cc1NC(=O)CCc1nc(-c2ccccn2)cs1. The first-order chi connectivity index (χ1) is 12.2. The van der Waals surface area contributed by atoms with Gasteiger partial charge in [-0.15, -0.1) is 11.3 Å². The van der Waals surface area contributed by atoms with E-state index in [4.69, 9.17) is 4.74 Å². The zero-order chi connectivity index (χ0) is 17.6. The van der Waals surface area contributed by atoms with Crippen molar-refractivity contribution in [1.82, 2.24) is 9.97 Å². The maximum Gasteiger partial charge on any atom is 0.224 e. The number of amides is 1. The molecule has 0 bridgehead atoms. The van der Waals surface area contributed by atoms with Crippen molar-refractivity contribution in [3.63, 3.8) is 0 Å². The molecule has 1 amide bonds. The monoisotopic (exact) mass is 353 g/mol. The maximum atomic E-state index is 12.2. The van der Waals surface area contributed by atoms with Gasteiger partial charge in [-0.2, -0.15) is 0 Å². The van der Waals surface area contributed by atoms with Gasteiger partial charge in [-0.05, 0) is 36.8 Å². The number of hydrogen-bond donors (Lipinski definition) is 1. The Hall–Kier alpha value is -2.73. The van der Waals surface area contributed by atoms with Gasteiger partial charge >= 0.3 is 0 Å². The van der Waals surface area contributed by atoms with Crippen molar-refractivity contribution in [2.75, 3.05) is 12.4 Å². The van der Waals surface area contributed by atoms with E-state index in [9.17, 15) is 4.79 Å². The third-order valence-corrected chi connectivity index (χ3v) is 4.58. The number of carbonyl (C=O) groups is 1. The van der Waals surface area contributed by atoms with Crippen LogP contribution in [0.25, 0.3) is 11.4 Å². The molecule has 0 spiro atoms. The van der Waals surface area contributed by atoms with Gasteiger partial charge in [0.05, 0.1) is 29.2 Å². The van der Waals surface area contributed by atoms with Crippen LogP contribution in [0.4, 0.5) is 5.69 Å². The summed E-state index contributed by atoms with van der Waals surface area (Å²) in [4.78, 5) is 21.1. The minimum Gasteiger partial charge on any atom is -0.495 e. The molecule has 0 aliphatic rings. The van der Waals surface area contributed by atoms with Crippen molar-refractivity contribution >= 4 is 22.9 Å². The second-order valence-corrected chi connectivity index (χ2v) is 6.54. The van der Waals surface area contributed by atoms with Crippen LogP contribution in [0.1, 0.15) is 17.0 Å². The van der Waals surface area contributed by atoms with E-state index in [2.05, 4.69) is 15.3 Å². The second kappa shape index (κ2) is 7.90. The highest BCUT2D eigenvalue weighted by Crippen LogP contribution is 2.26. The first-order valence-corrected chi connectivity index (χ1v) is 8.84. The lowest BCUT2D eigenvalue weighted by Gasteiger charge is -2.10. The molecular formula is C19H19N3O2S. The molecule has 0 fully saturated rings. The Morgan fingerprint density at radius 2 is 2.12 bits per heavy atom. The van der Waals surface area contributed by atoms with Crippen LogP contribution in [-0.2, 0) is 11.2 Å². The summed E-state index contributed by atoms with van der Waals surface area (Å²) >= 11 is 1.55. The first kappa shape index (κ1) is 17.1. The lowest BCUT2D eigenvalue weighted by Crippen LogP contribution is -2.13. The average Bonchev–Trinajstić information content (AvgIpc) is 3.10. The molecule has 0 atom stereocenters. The van der Waals surface area contributed by atoms with Crippen molar-refractivity contribution in [2.24, 2.45) is 0 Å². The summed E-state index contributed by atoms with van der Waals surface area (Å²) in [6.07, 6.45) is 2.71. The van der Waals surface area contributed by atoms with Crippen molar-refractivity contribution in [1.29, 1.82) is 0 Å². The average molecular weight is 353 g/mol. The van der Waals surface area contributed by atoms with Gasteiger partial charge in [0.1, 0.15) is 5.75 Å². The third kappa shape index (κ3) is 4.42. The number of benzene rings is 1. The topological polar surface area (TPSA) is 64.1 Å². The van der Waals surface area contributed by atoms with Crippen molar-refractivity contribution in [3.8, 4) is 17.1 Å². The van der Waals surface area contributed by atoms with Gasteiger partial charge in [-0.3, -0.25) is 9.78 Å². The van der Waals surface area contributed by atoms with Gasteiger partial charge in [0.2, 0.25) is 5.91 Å². The fraction of sp³-hybridized carbons (Fsp3) is 0.211. The van der Waals surface area contributed by atoms with Gasteiger partial charge in [0.15, 0.2) is 0 Å². The molecule has 1 N–H and O–H groups in total. The highest BCUT2D eigenvalue weighted by atomic mass is 32.1. The summed E-state index contributed by atoms with van der Waals surface area (Å²) in [5.41, 5.74) is 3.46. The van der Waals surface area contributed by atoms with Gasteiger partial charge in [-0.1, -0.05) is 12.1 Å². The number of carbonyl (C=O) groups excluding carboxylic acids is 1. The molecule has 0 radical (unpaired) electrons. The number of hydrogen-bond acceptors (Lipinski definition) is 5. The Kier molecular flexibility index (Phi) is 5.40. The molecule has 1 aromatic carbocycles. The van der Waals surface area contributed by atoms with Crippen LogP contribution in [0.3, 0.4) is 0 Å². The van der Waals surface area contributed by atoms with E-state index >= 15 is 0 Å². The van der Waals surface area contributed by atoms with Crippen molar-refractivity contribution < 1.29 is 9.53 Å². The molecule has 3 aromatic rings. The minimum absolute atomic E-state index is 0.0570. The summed E-state index contributed by atoms with van der Waals surface area (Å²) in [5, 5.41) is 5.81. The fourth-order valence-electron chi connectivity index (χ4n) is 2.41. The predicted molar refractivity (Wildman–Crippen MR) is 100 cm³/mol. The van der Waals surface area contributed by atoms with E-state index < -0.39 is 0 Å². The van der Waals surface area contributed by atoms with Gasteiger partial charge in [0.25, 0.3) is 0 Å². The first-order valence-electron chi connectivity index (χ1n) is 7.96. The van der Waals surface area contributed by atoms with E-state index in [0.717, 1.165) is 22.0 Å². The highest BCUT2D eigenvalue weighted by Gasteiger charge is 2.10. The van der Waals surface area contributed by atoms with Crippen LogP contribution in [0.15, 0.2) is 48.0 Å². The van der Waals surface area contributed by atoms with Crippen LogP contribution < -0.4 is 10.1 Å². The normalized spacial score (nSPS) is 10.5. The molecule has 25 heavy (non-hydrogen) atoms. The lowest BCUT2D eigenvalue weighted by atomic mass is 10.2. The van der Waals surface area contributed by atoms with Crippen LogP contribution >= 0.6 is 11.3 Å². The molecular weight excluding hydrogens is 334 g/mol. The van der Waals surface area contributed by atoms with Gasteiger partial charge in [0, 0.05) is 24.4 Å². The Morgan fingerprint density at radius 3 is 2.88 bits per heavy atom. The zero-order valence-electron chi connectivity index (χ0n) is 14.2. The molecule has 0 saturated carbocycles. The minimum atomic E-state index is -0.0570. The Bertz CT molecular complexity index is 862. The van der Waals surface area contributed by atoms with Crippen LogP contribution in [0, 0.1) is 6.92 Å². The summed E-state index contributed by atoms with van der Waals surface area (Å²) in [6, 6.07) is 11.4. The molecule has 2 aromatic heterocycles. The third-order valence-electron chi connectivity index (χ3n) is 3.67. The van der Waals surface area contributed by atoms with Crippen LogP contribution in [0.2, 0.25) is 0 Å². The number of nitrogens with zero attached hydrogens (tertiary/aromatic N) is 2. The number of anilines is 1. The second-order valence-electron chi connectivity index (χ2n) is 5.59. The van der Waals surface area contributed by atoms with E-state index in [-0.39, 0.29) is 5.91 Å². The quantitative estimate of drug-likeness (QED) is 0.725. The Morgan fingerprint density at radius 1 is 1.24 bits per heavy atom. The van der Waals surface area contributed by atoms with Crippen molar-refractivity contribution in [3.05, 3.63) is 58.5 Å². The number of ether oxygens (including phenoxy) is 1. The van der Waals surface area contributed by atoms with Gasteiger partial charge in [-0.25, -0.2) is 4.98 Å². The summed E-state index contributed by atoms with van der Waals surface area (Å²) in [7, 11) is 1.59. The molecule has 3 rings (SSSR count). The largest absolute Gasteiger partial charge is 0.495 e. The molecule has 0 unspecified atom stereocenters.